The second-order valence-corrected chi connectivity index (χ2v) is 6.13. The van der Waals surface area contributed by atoms with Crippen molar-refractivity contribution >= 4 is 17.6 Å². The van der Waals surface area contributed by atoms with Crippen molar-refractivity contribution in [2.75, 3.05) is 12.8 Å². The van der Waals surface area contributed by atoms with E-state index in [-0.39, 0.29) is 18.9 Å². The van der Waals surface area contributed by atoms with E-state index in [4.69, 9.17) is 20.3 Å². The summed E-state index contributed by atoms with van der Waals surface area (Å²) in [6.07, 6.45) is 2.48. The summed E-state index contributed by atoms with van der Waals surface area (Å²) in [6.45, 7) is 5.86. The van der Waals surface area contributed by atoms with Gasteiger partial charge in [0.2, 0.25) is 0 Å². The molecule has 0 aliphatic carbocycles. The van der Waals surface area contributed by atoms with Gasteiger partial charge < -0.3 is 20.3 Å². The van der Waals surface area contributed by atoms with Gasteiger partial charge in [-0.1, -0.05) is 18.6 Å². The van der Waals surface area contributed by atoms with Crippen LogP contribution in [-0.2, 0) is 22.6 Å². The lowest BCUT2D eigenvalue weighted by atomic mass is 9.92. The van der Waals surface area contributed by atoms with Crippen LogP contribution in [0.25, 0.3) is 0 Å². The SMILES string of the molecule is COc1c(C)c2c(c(N)c1C/C=C(\C)[C@@H](C)CC(=O)O)C(=O)OC2. The molecule has 2 rings (SSSR count). The van der Waals surface area contributed by atoms with Gasteiger partial charge in [-0.2, -0.15) is 0 Å². The number of cyclic esters (lactones) is 1. The lowest BCUT2D eigenvalue weighted by Gasteiger charge is -2.17. The maximum absolute atomic E-state index is 11.9. The number of rotatable bonds is 6. The van der Waals surface area contributed by atoms with Gasteiger partial charge in [0.15, 0.2) is 0 Å². The fraction of sp³-hybridized carbons (Fsp3) is 0.444. The molecule has 1 atom stereocenters. The fourth-order valence-corrected chi connectivity index (χ4v) is 2.98. The summed E-state index contributed by atoms with van der Waals surface area (Å²) in [7, 11) is 1.57. The van der Waals surface area contributed by atoms with Crippen molar-refractivity contribution in [2.45, 2.75) is 40.2 Å². The maximum Gasteiger partial charge on any atom is 0.341 e. The topological polar surface area (TPSA) is 98.9 Å². The number of methoxy groups -OCH3 is 1. The fourth-order valence-electron chi connectivity index (χ4n) is 2.98. The molecule has 0 saturated carbocycles. The van der Waals surface area contributed by atoms with Gasteiger partial charge in [-0.3, -0.25) is 4.79 Å². The van der Waals surface area contributed by atoms with Gasteiger partial charge in [-0.05, 0) is 31.7 Å². The van der Waals surface area contributed by atoms with Crippen LogP contribution in [0.3, 0.4) is 0 Å². The Hall–Kier alpha value is -2.50. The lowest BCUT2D eigenvalue weighted by Crippen LogP contribution is -2.09. The molecule has 1 heterocycles. The first-order valence-electron chi connectivity index (χ1n) is 7.81. The third kappa shape index (κ3) is 3.22. The van der Waals surface area contributed by atoms with E-state index in [1.54, 1.807) is 7.11 Å². The van der Waals surface area contributed by atoms with Gasteiger partial charge in [0, 0.05) is 11.1 Å². The number of carboxylic acid groups (broad SMARTS) is 1. The molecule has 0 radical (unpaired) electrons. The minimum absolute atomic E-state index is 0.0739. The number of carbonyl (C=O) groups excluding carboxylic acids is 1. The molecule has 6 heteroatoms. The molecule has 24 heavy (non-hydrogen) atoms. The zero-order chi connectivity index (χ0) is 18.0. The number of carbonyl (C=O) groups is 2. The zero-order valence-corrected chi connectivity index (χ0v) is 14.4. The van der Waals surface area contributed by atoms with Gasteiger partial charge in [0.25, 0.3) is 0 Å². The molecule has 0 saturated heterocycles. The number of benzene rings is 1. The minimum atomic E-state index is -0.830. The van der Waals surface area contributed by atoms with Crippen molar-refractivity contribution in [1.29, 1.82) is 0 Å². The van der Waals surface area contributed by atoms with Crippen LogP contribution in [0.4, 0.5) is 5.69 Å². The van der Waals surface area contributed by atoms with Gasteiger partial charge in [0.1, 0.15) is 12.4 Å². The summed E-state index contributed by atoms with van der Waals surface area (Å²) in [5, 5.41) is 8.90. The number of esters is 1. The van der Waals surface area contributed by atoms with E-state index in [1.165, 1.54) is 0 Å². The smallest absolute Gasteiger partial charge is 0.341 e. The van der Waals surface area contributed by atoms with E-state index in [0.29, 0.717) is 23.4 Å². The largest absolute Gasteiger partial charge is 0.496 e. The second kappa shape index (κ2) is 6.95. The monoisotopic (exact) mass is 333 g/mol. The summed E-state index contributed by atoms with van der Waals surface area (Å²) >= 11 is 0. The summed E-state index contributed by atoms with van der Waals surface area (Å²) in [5.74, 6) is -0.660. The van der Waals surface area contributed by atoms with Crippen molar-refractivity contribution in [2.24, 2.45) is 5.92 Å². The molecule has 1 aliphatic rings. The molecule has 3 N–H and O–H groups in total. The van der Waals surface area contributed by atoms with E-state index in [1.807, 2.05) is 26.8 Å². The Bertz CT molecular complexity index is 721. The van der Waals surface area contributed by atoms with Crippen LogP contribution in [-0.4, -0.2) is 24.2 Å². The number of fused-ring (bicyclic) bond motifs is 1. The first-order valence-corrected chi connectivity index (χ1v) is 7.81. The first-order chi connectivity index (χ1) is 11.3. The Morgan fingerprint density at radius 2 is 2.17 bits per heavy atom. The molecule has 0 aromatic heterocycles. The molecule has 1 aliphatic heterocycles. The standard InChI is InChI=1S/C18H23NO5/c1-9(10(2)7-14(20)21)5-6-12-16(19)15-13(8-24-18(15)22)11(3)17(12)23-4/h5,10H,6-8,19H2,1-4H3,(H,20,21)/b9-5+/t10-/m0/s1. The Morgan fingerprint density at radius 3 is 2.75 bits per heavy atom. The van der Waals surface area contributed by atoms with E-state index < -0.39 is 11.9 Å². The Labute approximate surface area is 141 Å². The molecule has 6 nitrogen and oxygen atoms in total. The van der Waals surface area contributed by atoms with Crippen LogP contribution in [0.1, 0.15) is 47.3 Å². The number of nitrogens with two attached hydrogens (primary N) is 1. The number of nitrogen functional groups attached to an aromatic ring is 1. The molecular weight excluding hydrogens is 310 g/mol. The summed E-state index contributed by atoms with van der Waals surface area (Å²) in [4.78, 5) is 22.8. The zero-order valence-electron chi connectivity index (χ0n) is 14.4. The average Bonchev–Trinajstić information content (AvgIpc) is 2.90. The summed E-state index contributed by atoms with van der Waals surface area (Å²) in [5.41, 5.74) is 10.3. The van der Waals surface area contributed by atoms with Gasteiger partial charge in [-0.25, -0.2) is 4.79 Å². The maximum atomic E-state index is 11.9. The van der Waals surface area contributed by atoms with Crippen LogP contribution in [0.2, 0.25) is 0 Å². The highest BCUT2D eigenvalue weighted by Crippen LogP contribution is 2.39. The lowest BCUT2D eigenvalue weighted by molar-refractivity contribution is -0.137. The molecule has 0 amide bonds. The Balaban J connectivity index is 2.40. The van der Waals surface area contributed by atoms with Gasteiger partial charge in [0.05, 0.1) is 24.8 Å². The average molecular weight is 333 g/mol. The predicted octanol–water partition coefficient (Wildman–Crippen LogP) is 2.86. The van der Waals surface area contributed by atoms with Crippen molar-refractivity contribution in [3.05, 3.63) is 33.9 Å². The minimum Gasteiger partial charge on any atom is -0.496 e. The molecule has 0 bridgehead atoms. The molecule has 0 spiro atoms. The van der Waals surface area contributed by atoms with Crippen molar-refractivity contribution in [3.8, 4) is 5.75 Å². The Kier molecular flexibility index (Phi) is 5.17. The molecule has 1 aromatic rings. The van der Waals surface area contributed by atoms with Crippen molar-refractivity contribution in [3.63, 3.8) is 0 Å². The van der Waals surface area contributed by atoms with E-state index in [9.17, 15) is 9.59 Å². The molecule has 0 unspecified atom stereocenters. The number of hydrogen-bond acceptors (Lipinski definition) is 5. The van der Waals surface area contributed by atoms with Crippen LogP contribution < -0.4 is 10.5 Å². The van der Waals surface area contributed by atoms with Crippen molar-refractivity contribution < 1.29 is 24.2 Å². The quantitative estimate of drug-likeness (QED) is 0.472. The van der Waals surface area contributed by atoms with E-state index >= 15 is 0 Å². The van der Waals surface area contributed by atoms with Crippen LogP contribution in [0, 0.1) is 12.8 Å². The summed E-state index contributed by atoms with van der Waals surface area (Å²) < 4.78 is 10.6. The van der Waals surface area contributed by atoms with Crippen molar-refractivity contribution in [1.82, 2.24) is 0 Å². The normalized spacial score (nSPS) is 15.0. The number of hydrogen-bond donors (Lipinski definition) is 2. The van der Waals surface area contributed by atoms with E-state index in [0.717, 1.165) is 22.3 Å². The highest BCUT2D eigenvalue weighted by atomic mass is 16.5. The molecule has 1 aromatic carbocycles. The summed E-state index contributed by atoms with van der Waals surface area (Å²) in [6, 6.07) is 0. The first kappa shape index (κ1) is 17.8. The van der Waals surface area contributed by atoms with Crippen LogP contribution in [0.5, 0.6) is 5.75 Å². The number of carboxylic acids is 1. The predicted molar refractivity (Wildman–Crippen MR) is 90.1 cm³/mol. The number of anilines is 1. The van der Waals surface area contributed by atoms with Gasteiger partial charge in [-0.15, -0.1) is 0 Å². The third-order valence-corrected chi connectivity index (χ3v) is 4.61. The molecular formula is C18H23NO5. The second-order valence-electron chi connectivity index (χ2n) is 6.13. The highest BCUT2D eigenvalue weighted by molar-refractivity contribution is 6.00. The van der Waals surface area contributed by atoms with Crippen LogP contribution >= 0.6 is 0 Å². The van der Waals surface area contributed by atoms with E-state index in [2.05, 4.69) is 0 Å². The molecule has 130 valence electrons. The number of aliphatic carboxylic acids is 1. The number of allylic oxidation sites excluding steroid dienone is 2. The molecule has 0 fully saturated rings. The highest BCUT2D eigenvalue weighted by Gasteiger charge is 2.30. The number of ether oxygens (including phenoxy) is 2. The Morgan fingerprint density at radius 1 is 1.50 bits per heavy atom. The van der Waals surface area contributed by atoms with Gasteiger partial charge >= 0.3 is 11.9 Å². The van der Waals surface area contributed by atoms with Crippen LogP contribution in [0.15, 0.2) is 11.6 Å². The third-order valence-electron chi connectivity index (χ3n) is 4.61.